The zero-order chi connectivity index (χ0) is 26.9. The van der Waals surface area contributed by atoms with Crippen LogP contribution < -0.4 is 15.4 Å². The zero-order valence-corrected chi connectivity index (χ0v) is 23.7. The van der Waals surface area contributed by atoms with E-state index in [0.717, 1.165) is 17.4 Å². The minimum absolute atomic E-state index is 0.0116. The first-order valence-electron chi connectivity index (χ1n) is 12.0. The van der Waals surface area contributed by atoms with Crippen LogP contribution in [0.1, 0.15) is 49.1 Å². The lowest BCUT2D eigenvalue weighted by molar-refractivity contribution is -0.154. The van der Waals surface area contributed by atoms with Crippen molar-refractivity contribution in [3.63, 3.8) is 0 Å². The van der Waals surface area contributed by atoms with E-state index in [9.17, 15) is 13.2 Å². The van der Waals surface area contributed by atoms with E-state index >= 15 is 0 Å². The number of esters is 1. The van der Waals surface area contributed by atoms with Gasteiger partial charge in [-0.25, -0.2) is 13.1 Å². The fourth-order valence-electron chi connectivity index (χ4n) is 3.48. The summed E-state index contributed by atoms with van der Waals surface area (Å²) in [5.74, 6) is -0.258. The van der Waals surface area contributed by atoms with E-state index in [-0.39, 0.29) is 31.1 Å². The van der Waals surface area contributed by atoms with Crippen LogP contribution in [-0.2, 0) is 26.0 Å². The number of carbonyl (C=O) groups excluding carboxylic acids is 1. The molecule has 2 rings (SSSR count). The number of hydrogen-bond donors (Lipinski definition) is 3. The van der Waals surface area contributed by atoms with Gasteiger partial charge in [-0.3, -0.25) is 4.79 Å². The molecule has 0 saturated heterocycles. The number of rotatable bonds is 11. The summed E-state index contributed by atoms with van der Waals surface area (Å²) in [5, 5.41) is 6.85. The average molecular weight is 534 g/mol. The molecule has 9 heteroatoms. The van der Waals surface area contributed by atoms with E-state index in [0.29, 0.717) is 18.1 Å². The van der Waals surface area contributed by atoms with Gasteiger partial charge >= 0.3 is 5.97 Å². The molecular weight excluding hydrogens is 494 g/mol. The highest BCUT2D eigenvalue weighted by atomic mass is 32.2. The lowest BCUT2D eigenvalue weighted by Gasteiger charge is -2.25. The quantitative estimate of drug-likeness (QED) is 0.299. The Labute approximate surface area is 221 Å². The van der Waals surface area contributed by atoms with Crippen LogP contribution in [0.25, 0.3) is 0 Å². The Morgan fingerprint density at radius 1 is 1.03 bits per heavy atom. The third-order valence-electron chi connectivity index (χ3n) is 5.77. The fourth-order valence-corrected chi connectivity index (χ4v) is 4.18. The van der Waals surface area contributed by atoms with E-state index in [1.54, 1.807) is 0 Å². The Kier molecular flexibility index (Phi) is 10.9. The van der Waals surface area contributed by atoms with Crippen molar-refractivity contribution in [2.45, 2.75) is 47.1 Å². The molecular formula is C27H39N3O4S2. The molecule has 2 atom stereocenters. The van der Waals surface area contributed by atoms with E-state index in [1.807, 2.05) is 51.1 Å². The monoisotopic (exact) mass is 533 g/mol. The highest BCUT2D eigenvalue weighted by Crippen LogP contribution is 2.18. The summed E-state index contributed by atoms with van der Waals surface area (Å²) in [7, 11) is -3.36. The minimum Gasteiger partial charge on any atom is -0.465 e. The van der Waals surface area contributed by atoms with Crippen LogP contribution in [-0.4, -0.2) is 45.5 Å². The molecule has 7 nitrogen and oxygen atoms in total. The van der Waals surface area contributed by atoms with E-state index in [4.69, 9.17) is 17.0 Å². The summed E-state index contributed by atoms with van der Waals surface area (Å²) in [6.07, 6.45) is 1.84. The van der Waals surface area contributed by atoms with Crippen molar-refractivity contribution in [3.8, 4) is 0 Å². The largest absolute Gasteiger partial charge is 0.465 e. The molecule has 0 aliphatic rings. The molecule has 198 valence electrons. The molecule has 2 unspecified atom stereocenters. The normalized spacial score (nSPS) is 13.5. The second-order valence-electron chi connectivity index (χ2n) is 10.3. The lowest BCUT2D eigenvalue weighted by Crippen LogP contribution is -2.44. The first-order chi connectivity index (χ1) is 16.7. The Morgan fingerprint density at radius 3 is 2.28 bits per heavy atom. The molecule has 0 radical (unpaired) electrons. The summed E-state index contributed by atoms with van der Waals surface area (Å²) < 4.78 is 31.5. The molecule has 36 heavy (non-hydrogen) atoms. The fraction of sp³-hybridized carbons (Fsp3) is 0.481. The average Bonchev–Trinajstić information content (AvgIpc) is 2.79. The number of hydrogen-bond acceptors (Lipinski definition) is 5. The van der Waals surface area contributed by atoms with Gasteiger partial charge in [-0.15, -0.1) is 0 Å². The van der Waals surface area contributed by atoms with Gasteiger partial charge in [0.05, 0.1) is 24.3 Å². The molecule has 2 aromatic carbocycles. The van der Waals surface area contributed by atoms with Crippen molar-refractivity contribution >= 4 is 33.3 Å². The van der Waals surface area contributed by atoms with Crippen LogP contribution in [0, 0.1) is 25.2 Å². The van der Waals surface area contributed by atoms with Crippen LogP contribution >= 0.6 is 12.2 Å². The number of nitrogens with one attached hydrogen (secondary N) is 3. The van der Waals surface area contributed by atoms with Gasteiger partial charge in [0.1, 0.15) is 0 Å². The standard InChI is InChI=1S/C27H39N3O4S2/c1-19-12-13-21(14-20(19)2)15-22(18-34-25(31)27(3,4)5)16-28-26(35)30-24(17-29-36(6,32)33)23-10-8-7-9-11-23/h7-14,22,24,29H,15-18H2,1-6H3,(H2,28,30,35). The highest BCUT2D eigenvalue weighted by molar-refractivity contribution is 7.88. The molecule has 0 amide bonds. The molecule has 0 aliphatic heterocycles. The Balaban J connectivity index is 2.08. The molecule has 0 bridgehead atoms. The summed E-state index contributed by atoms with van der Waals surface area (Å²) in [6.45, 7) is 10.6. The molecule has 0 aromatic heterocycles. The smallest absolute Gasteiger partial charge is 0.311 e. The van der Waals surface area contributed by atoms with Gasteiger partial charge in [0.25, 0.3) is 0 Å². The number of benzene rings is 2. The van der Waals surface area contributed by atoms with Crippen LogP contribution in [0.2, 0.25) is 0 Å². The van der Waals surface area contributed by atoms with Crippen LogP contribution in [0.15, 0.2) is 48.5 Å². The summed E-state index contributed by atoms with van der Waals surface area (Å²) in [4.78, 5) is 12.4. The number of sulfonamides is 1. The first-order valence-corrected chi connectivity index (χ1v) is 14.3. The van der Waals surface area contributed by atoms with Gasteiger partial charge in [0.2, 0.25) is 10.0 Å². The summed E-state index contributed by atoms with van der Waals surface area (Å²) in [5.41, 5.74) is 3.93. The minimum atomic E-state index is -3.36. The second-order valence-corrected chi connectivity index (χ2v) is 12.5. The topological polar surface area (TPSA) is 96.5 Å². The van der Waals surface area contributed by atoms with Crippen molar-refractivity contribution in [1.29, 1.82) is 0 Å². The highest BCUT2D eigenvalue weighted by Gasteiger charge is 2.24. The molecule has 0 fully saturated rings. The van der Waals surface area contributed by atoms with Crippen molar-refractivity contribution in [3.05, 3.63) is 70.8 Å². The maximum absolute atomic E-state index is 12.4. The maximum Gasteiger partial charge on any atom is 0.311 e. The van der Waals surface area contributed by atoms with Crippen molar-refractivity contribution < 1.29 is 17.9 Å². The van der Waals surface area contributed by atoms with Crippen LogP contribution in [0.3, 0.4) is 0 Å². The second kappa shape index (κ2) is 13.2. The molecule has 0 spiro atoms. The van der Waals surface area contributed by atoms with Crippen molar-refractivity contribution in [2.24, 2.45) is 11.3 Å². The molecule has 2 aromatic rings. The summed E-state index contributed by atoms with van der Waals surface area (Å²) >= 11 is 5.55. The Bertz CT molecular complexity index is 1130. The van der Waals surface area contributed by atoms with Crippen molar-refractivity contribution in [2.75, 3.05) is 26.0 Å². The predicted octanol–water partition coefficient (Wildman–Crippen LogP) is 3.81. The van der Waals surface area contributed by atoms with E-state index in [1.165, 1.54) is 11.1 Å². The zero-order valence-electron chi connectivity index (χ0n) is 22.1. The lowest BCUT2D eigenvalue weighted by atomic mass is 9.96. The van der Waals surface area contributed by atoms with Gasteiger partial charge in [0.15, 0.2) is 5.11 Å². The third-order valence-corrected chi connectivity index (χ3v) is 6.72. The molecule has 0 aliphatic carbocycles. The Hall–Kier alpha value is -2.49. The van der Waals surface area contributed by atoms with Crippen molar-refractivity contribution in [1.82, 2.24) is 15.4 Å². The Morgan fingerprint density at radius 2 is 1.69 bits per heavy atom. The van der Waals surface area contributed by atoms with Crippen LogP contribution in [0.5, 0.6) is 0 Å². The van der Waals surface area contributed by atoms with Crippen LogP contribution in [0.4, 0.5) is 0 Å². The van der Waals surface area contributed by atoms with Gasteiger partial charge < -0.3 is 15.4 Å². The van der Waals surface area contributed by atoms with Gasteiger partial charge in [0, 0.05) is 19.0 Å². The third kappa shape index (κ3) is 10.6. The predicted molar refractivity (Wildman–Crippen MR) is 149 cm³/mol. The maximum atomic E-state index is 12.4. The van der Waals surface area contributed by atoms with E-state index < -0.39 is 15.4 Å². The number of aryl methyl sites for hydroxylation is 2. The molecule has 0 heterocycles. The first kappa shape index (κ1) is 29.7. The van der Waals surface area contributed by atoms with E-state index in [2.05, 4.69) is 47.4 Å². The number of thiocarbonyl (C=S) groups is 1. The molecule has 0 saturated carbocycles. The van der Waals surface area contributed by atoms with Gasteiger partial charge in [-0.1, -0.05) is 48.5 Å². The number of ether oxygens (including phenoxy) is 1. The van der Waals surface area contributed by atoms with Gasteiger partial charge in [-0.05, 0) is 75.5 Å². The summed E-state index contributed by atoms with van der Waals surface area (Å²) in [6, 6.07) is 15.5. The molecule has 3 N–H and O–H groups in total. The SMILES string of the molecule is Cc1ccc(CC(CNC(=S)NC(CNS(C)(=O)=O)c2ccccc2)COC(=O)C(C)(C)C)cc1C. The number of carbonyl (C=O) groups is 1. The van der Waals surface area contributed by atoms with Gasteiger partial charge in [-0.2, -0.15) is 0 Å².